The Balaban J connectivity index is 0.00000115. The van der Waals surface area contributed by atoms with Crippen LogP contribution >= 0.6 is 24.4 Å². The first-order valence-electron chi connectivity index (χ1n) is 9.88. The number of aliphatic hydroxyl groups excluding tert-OH is 2. The molecular weight excluding hydrogens is 534 g/mol. The van der Waals surface area contributed by atoms with Gasteiger partial charge in [0.05, 0.1) is 4.90 Å². The second-order valence-corrected chi connectivity index (χ2v) is 9.69. The molecule has 4 aromatic rings. The topological polar surface area (TPSA) is 184 Å². The molecule has 0 fully saturated rings. The van der Waals surface area contributed by atoms with Gasteiger partial charge in [0.15, 0.2) is 15.6 Å². The van der Waals surface area contributed by atoms with Gasteiger partial charge < -0.3 is 31.6 Å². The van der Waals surface area contributed by atoms with Gasteiger partial charge in [-0.1, -0.05) is 74.2 Å². The van der Waals surface area contributed by atoms with Crippen LogP contribution in [0.2, 0.25) is 0 Å². The number of nitrogens with zero attached hydrogens (tertiary/aromatic N) is 1. The van der Waals surface area contributed by atoms with E-state index in [0.717, 1.165) is 11.1 Å². The molecule has 0 unspecified atom stereocenters. The molecule has 1 aromatic heterocycles. The molecule has 0 bridgehead atoms. The summed E-state index contributed by atoms with van der Waals surface area (Å²) >= 11 is 7.74. The van der Waals surface area contributed by atoms with Crippen molar-refractivity contribution in [3.63, 3.8) is 0 Å². The van der Waals surface area contributed by atoms with E-state index in [4.69, 9.17) is 14.6 Å². The number of thiocarbonyl (C=S) groups is 2. The predicted molar refractivity (Wildman–Crippen MR) is 155 cm³/mol. The lowest BCUT2D eigenvalue weighted by Crippen LogP contribution is -2.03. The van der Waals surface area contributed by atoms with Crippen LogP contribution in [0.3, 0.4) is 0 Å². The van der Waals surface area contributed by atoms with Crippen molar-refractivity contribution < 1.29 is 28.5 Å². The number of nitrogens with two attached hydrogens (primary N) is 2. The molecule has 9 nitrogen and oxygen atoms in total. The highest BCUT2D eigenvalue weighted by atomic mass is 32.2. The van der Waals surface area contributed by atoms with Crippen molar-refractivity contribution in [3.05, 3.63) is 84.9 Å². The Labute approximate surface area is 226 Å². The fourth-order valence-corrected chi connectivity index (χ4v) is 3.87. The highest BCUT2D eigenvalue weighted by molar-refractivity contribution is 7.90. The third-order valence-corrected chi connectivity index (χ3v) is 5.38. The maximum absolute atomic E-state index is 12.3. The molecule has 0 saturated heterocycles. The third kappa shape index (κ3) is 10.4. The average molecular weight is 564 g/mol. The largest absolute Gasteiger partial charge is 0.487 e. The normalized spacial score (nSPS) is 9.65. The number of oxazole rings is 1. The summed E-state index contributed by atoms with van der Waals surface area (Å²) < 4.78 is 30.7. The summed E-state index contributed by atoms with van der Waals surface area (Å²) in [7, 11) is -3.42. The van der Waals surface area contributed by atoms with Crippen molar-refractivity contribution >= 4 is 44.6 Å². The summed E-state index contributed by atoms with van der Waals surface area (Å²) in [6, 6.07) is 26.0. The van der Waals surface area contributed by atoms with E-state index < -0.39 is 20.2 Å². The van der Waals surface area contributed by atoms with Crippen LogP contribution < -0.4 is 11.5 Å². The molecular formula is C25H29N3O6S3. The lowest BCUT2D eigenvalue weighted by molar-refractivity contribution is 0.559. The molecule has 12 heteroatoms. The molecule has 0 spiro atoms. The maximum atomic E-state index is 12.3. The quantitative estimate of drug-likeness (QED) is 0.258. The number of aromatic nitrogens is 1. The molecule has 4 rings (SSSR count). The Morgan fingerprint density at radius 3 is 1.68 bits per heavy atom. The van der Waals surface area contributed by atoms with E-state index in [1.54, 1.807) is 24.3 Å². The van der Waals surface area contributed by atoms with Gasteiger partial charge in [-0.3, -0.25) is 0 Å². The summed E-state index contributed by atoms with van der Waals surface area (Å²) in [6.45, 7) is 0. The number of benzene rings is 3. The van der Waals surface area contributed by atoms with Gasteiger partial charge in [0.25, 0.3) is 10.3 Å². The summed E-state index contributed by atoms with van der Waals surface area (Å²) in [6.07, 6.45) is 1.20. The number of sulfone groups is 1. The van der Waals surface area contributed by atoms with Crippen LogP contribution in [0.25, 0.3) is 34.0 Å². The molecule has 0 saturated carbocycles. The van der Waals surface area contributed by atoms with Crippen LogP contribution in [-0.2, 0) is 9.84 Å². The van der Waals surface area contributed by atoms with Gasteiger partial charge in [-0.2, -0.15) is 0 Å². The second kappa shape index (κ2) is 15.3. The lowest BCUT2D eigenvalue weighted by Gasteiger charge is -2.07. The predicted octanol–water partition coefficient (Wildman–Crippen LogP) is 4.47. The second-order valence-electron chi connectivity index (χ2n) is 6.87. The van der Waals surface area contributed by atoms with Crippen LogP contribution in [0.1, 0.15) is 7.43 Å². The number of aliphatic hydroxyl groups is 2. The van der Waals surface area contributed by atoms with Gasteiger partial charge in [0.2, 0.25) is 5.89 Å². The van der Waals surface area contributed by atoms with E-state index >= 15 is 0 Å². The molecule has 0 amide bonds. The van der Waals surface area contributed by atoms with Crippen LogP contribution in [0.4, 0.5) is 0 Å². The number of rotatable bonds is 4. The molecule has 3 aromatic carbocycles. The Morgan fingerprint density at radius 1 is 0.811 bits per heavy atom. The summed E-state index contributed by atoms with van der Waals surface area (Å²) in [5.41, 5.74) is 11.5. The highest BCUT2D eigenvalue weighted by Crippen LogP contribution is 2.38. The monoisotopic (exact) mass is 563 g/mol. The van der Waals surface area contributed by atoms with E-state index in [9.17, 15) is 8.42 Å². The van der Waals surface area contributed by atoms with Crippen LogP contribution in [0.5, 0.6) is 0 Å². The van der Waals surface area contributed by atoms with Gasteiger partial charge in [-0.05, 0) is 42.6 Å². The standard InChI is InChI=1S/C22H17NO3S.2CH3NOS.CH4.H2O/c1-27(24,25)19-15-9-8-14-18(19)20-21(16-10-4-2-5-11-16)26-22(23-20)17-12-6-3-7-13-17;2*2-1(3)4;;/h2-15H,1H3;2*(H3,2,3,4);1H4;1H2. The Morgan fingerprint density at radius 2 is 1.22 bits per heavy atom. The number of hydrogen-bond acceptors (Lipinski definition) is 6. The highest BCUT2D eigenvalue weighted by Gasteiger charge is 2.23. The summed E-state index contributed by atoms with van der Waals surface area (Å²) in [5, 5.41) is 14.1. The average Bonchev–Trinajstić information content (AvgIpc) is 3.24. The van der Waals surface area contributed by atoms with E-state index in [-0.39, 0.29) is 17.8 Å². The van der Waals surface area contributed by atoms with Gasteiger partial charge in [0.1, 0.15) is 5.69 Å². The summed E-state index contributed by atoms with van der Waals surface area (Å²) in [4.78, 5) is 4.90. The van der Waals surface area contributed by atoms with Crippen molar-refractivity contribution in [2.24, 2.45) is 11.5 Å². The fraction of sp³-hybridized carbons (Fsp3) is 0.0800. The lowest BCUT2D eigenvalue weighted by atomic mass is 10.1. The molecule has 0 aliphatic heterocycles. The first-order valence-corrected chi connectivity index (χ1v) is 12.6. The first kappa shape index (κ1) is 33.2. The van der Waals surface area contributed by atoms with Gasteiger partial charge in [-0.15, -0.1) is 0 Å². The molecule has 0 aliphatic carbocycles. The maximum Gasteiger partial charge on any atom is 0.251 e. The van der Waals surface area contributed by atoms with Crippen LogP contribution in [0, 0.1) is 0 Å². The van der Waals surface area contributed by atoms with E-state index in [0.29, 0.717) is 22.9 Å². The van der Waals surface area contributed by atoms with Crippen molar-refractivity contribution in [1.29, 1.82) is 0 Å². The minimum Gasteiger partial charge on any atom is -0.487 e. The van der Waals surface area contributed by atoms with Crippen molar-refractivity contribution in [1.82, 2.24) is 4.98 Å². The number of hydrogen-bond donors (Lipinski definition) is 4. The van der Waals surface area contributed by atoms with Gasteiger partial charge >= 0.3 is 0 Å². The Bertz CT molecular complexity index is 1370. The third-order valence-electron chi connectivity index (χ3n) is 4.23. The minimum absolute atomic E-state index is 0. The van der Waals surface area contributed by atoms with Gasteiger partial charge in [-0.25, -0.2) is 13.4 Å². The van der Waals surface area contributed by atoms with E-state index in [1.807, 2.05) is 60.7 Å². The Hall–Kier alpha value is -3.84. The molecule has 0 radical (unpaired) electrons. The zero-order valence-corrected chi connectivity index (χ0v) is 21.5. The SMILES string of the molecule is C.CS(=O)(=O)c1ccccc1-c1nc(-c2ccccc2)oc1-c1ccccc1.NC(O)=S.NC(O)=S.O. The molecule has 1 heterocycles. The van der Waals surface area contributed by atoms with E-state index in [1.165, 1.54) is 6.26 Å². The fourth-order valence-electron chi connectivity index (χ4n) is 2.98. The van der Waals surface area contributed by atoms with Crippen LogP contribution in [0.15, 0.2) is 94.2 Å². The Kier molecular flexibility index (Phi) is 13.7. The molecule has 0 aliphatic rings. The zero-order valence-electron chi connectivity index (χ0n) is 19.0. The smallest absolute Gasteiger partial charge is 0.251 e. The minimum atomic E-state index is -3.42. The van der Waals surface area contributed by atoms with E-state index in [2.05, 4.69) is 40.9 Å². The molecule has 37 heavy (non-hydrogen) atoms. The zero-order chi connectivity index (χ0) is 26.0. The van der Waals surface area contributed by atoms with Gasteiger partial charge in [0, 0.05) is 22.9 Å². The molecule has 8 N–H and O–H groups in total. The first-order chi connectivity index (χ1) is 16.5. The van der Waals surface area contributed by atoms with Crippen molar-refractivity contribution in [2.75, 3.05) is 6.26 Å². The molecule has 0 atom stereocenters. The summed E-state index contributed by atoms with van der Waals surface area (Å²) in [5.74, 6) is 0.998. The van der Waals surface area contributed by atoms with Crippen LogP contribution in [-0.4, -0.2) is 45.7 Å². The van der Waals surface area contributed by atoms with Crippen molar-refractivity contribution in [3.8, 4) is 34.0 Å². The van der Waals surface area contributed by atoms with Crippen molar-refractivity contribution in [2.45, 2.75) is 12.3 Å². The molecule has 198 valence electrons.